The molecule has 0 spiro atoms. The van der Waals surface area contributed by atoms with E-state index in [9.17, 15) is 4.79 Å². The van der Waals surface area contributed by atoms with E-state index in [1.165, 1.54) is 0 Å². The zero-order valence-corrected chi connectivity index (χ0v) is 9.77. The summed E-state index contributed by atoms with van der Waals surface area (Å²) in [6.45, 7) is 4.30. The minimum atomic E-state index is -0.740. The first kappa shape index (κ1) is 12.6. The first-order chi connectivity index (χ1) is 7.59. The predicted molar refractivity (Wildman–Crippen MR) is 62.7 cm³/mol. The molecule has 1 rings (SSSR count). The van der Waals surface area contributed by atoms with Gasteiger partial charge < -0.3 is 9.84 Å². The quantitative estimate of drug-likeness (QED) is 0.753. The average molecular weight is 222 g/mol. The van der Waals surface area contributed by atoms with Crippen LogP contribution in [-0.2, 0) is 4.79 Å². The van der Waals surface area contributed by atoms with Crippen LogP contribution >= 0.6 is 0 Å². The Labute approximate surface area is 96.1 Å². The molecule has 0 radical (unpaired) electrons. The number of rotatable bonds is 6. The molecule has 1 unspecified atom stereocenters. The van der Waals surface area contributed by atoms with Gasteiger partial charge in [-0.05, 0) is 37.5 Å². The monoisotopic (exact) mass is 222 g/mol. The van der Waals surface area contributed by atoms with Crippen LogP contribution in [0.15, 0.2) is 24.3 Å². The molecule has 1 atom stereocenters. The second-order valence-electron chi connectivity index (χ2n) is 4.05. The van der Waals surface area contributed by atoms with E-state index in [0.717, 1.165) is 17.7 Å². The predicted octanol–water partition coefficient (Wildman–Crippen LogP) is 2.87. The highest BCUT2D eigenvalue weighted by atomic mass is 16.5. The number of hydrogen-bond donors (Lipinski definition) is 1. The Balaban J connectivity index is 2.23. The van der Waals surface area contributed by atoms with Crippen molar-refractivity contribution in [3.05, 3.63) is 29.8 Å². The van der Waals surface area contributed by atoms with Crippen molar-refractivity contribution in [2.24, 2.45) is 5.92 Å². The van der Waals surface area contributed by atoms with Gasteiger partial charge in [0.1, 0.15) is 5.75 Å². The molecule has 0 saturated carbocycles. The van der Waals surface area contributed by atoms with Crippen molar-refractivity contribution in [3.63, 3.8) is 0 Å². The Kier molecular flexibility index (Phi) is 4.83. The molecule has 88 valence electrons. The SMILES string of the molecule is Cc1cccc(OCCCC(C)C(=O)O)c1. The topological polar surface area (TPSA) is 46.5 Å². The minimum Gasteiger partial charge on any atom is -0.494 e. The standard InChI is InChI=1S/C13H18O3/c1-10-5-3-7-12(9-10)16-8-4-6-11(2)13(14)15/h3,5,7,9,11H,4,6,8H2,1-2H3,(H,14,15). The molecule has 3 heteroatoms. The largest absolute Gasteiger partial charge is 0.494 e. The lowest BCUT2D eigenvalue weighted by Crippen LogP contribution is -2.10. The summed E-state index contributed by atoms with van der Waals surface area (Å²) in [4.78, 5) is 10.6. The van der Waals surface area contributed by atoms with Crippen LogP contribution in [-0.4, -0.2) is 17.7 Å². The number of ether oxygens (including phenoxy) is 1. The molecule has 0 aliphatic carbocycles. The van der Waals surface area contributed by atoms with Crippen LogP contribution in [0, 0.1) is 12.8 Å². The van der Waals surface area contributed by atoms with Crippen molar-refractivity contribution in [1.82, 2.24) is 0 Å². The molecule has 16 heavy (non-hydrogen) atoms. The summed E-state index contributed by atoms with van der Waals surface area (Å²) in [6.07, 6.45) is 1.42. The summed E-state index contributed by atoms with van der Waals surface area (Å²) in [5.74, 6) is -0.181. The fourth-order valence-electron chi connectivity index (χ4n) is 1.41. The normalized spacial score (nSPS) is 12.1. The first-order valence-electron chi connectivity index (χ1n) is 5.52. The summed E-state index contributed by atoms with van der Waals surface area (Å²) in [5, 5.41) is 8.69. The van der Waals surface area contributed by atoms with Gasteiger partial charge in [0.25, 0.3) is 0 Å². The molecule has 0 bridgehead atoms. The lowest BCUT2D eigenvalue weighted by Gasteiger charge is -2.08. The van der Waals surface area contributed by atoms with Crippen molar-refractivity contribution in [2.45, 2.75) is 26.7 Å². The van der Waals surface area contributed by atoms with Gasteiger partial charge in [-0.3, -0.25) is 4.79 Å². The maximum absolute atomic E-state index is 10.6. The highest BCUT2D eigenvalue weighted by Crippen LogP contribution is 2.13. The molecule has 0 aliphatic heterocycles. The lowest BCUT2D eigenvalue weighted by atomic mass is 10.1. The van der Waals surface area contributed by atoms with Crippen LogP contribution in [0.3, 0.4) is 0 Å². The number of aliphatic carboxylic acids is 1. The fraction of sp³-hybridized carbons (Fsp3) is 0.462. The number of carboxylic acid groups (broad SMARTS) is 1. The van der Waals surface area contributed by atoms with Crippen LogP contribution in [0.4, 0.5) is 0 Å². The van der Waals surface area contributed by atoms with Crippen molar-refractivity contribution < 1.29 is 14.6 Å². The number of carbonyl (C=O) groups is 1. The van der Waals surface area contributed by atoms with Crippen molar-refractivity contribution in [1.29, 1.82) is 0 Å². The van der Waals surface area contributed by atoms with Gasteiger partial charge in [-0.1, -0.05) is 19.1 Å². The number of hydrogen-bond acceptors (Lipinski definition) is 2. The second kappa shape index (κ2) is 6.16. The second-order valence-corrected chi connectivity index (χ2v) is 4.05. The highest BCUT2D eigenvalue weighted by molar-refractivity contribution is 5.69. The van der Waals surface area contributed by atoms with E-state index in [4.69, 9.17) is 9.84 Å². The van der Waals surface area contributed by atoms with E-state index < -0.39 is 5.97 Å². The zero-order chi connectivity index (χ0) is 12.0. The van der Waals surface area contributed by atoms with Gasteiger partial charge >= 0.3 is 5.97 Å². The Morgan fingerprint density at radius 1 is 1.50 bits per heavy atom. The molecule has 0 aromatic heterocycles. The van der Waals surface area contributed by atoms with Crippen LogP contribution in [0.5, 0.6) is 5.75 Å². The Bertz CT molecular complexity index is 347. The third kappa shape index (κ3) is 4.34. The van der Waals surface area contributed by atoms with Crippen molar-refractivity contribution in [2.75, 3.05) is 6.61 Å². The van der Waals surface area contributed by atoms with E-state index in [1.54, 1.807) is 6.92 Å². The van der Waals surface area contributed by atoms with E-state index >= 15 is 0 Å². The summed E-state index contributed by atoms with van der Waals surface area (Å²) in [5.41, 5.74) is 1.16. The minimum absolute atomic E-state index is 0.291. The smallest absolute Gasteiger partial charge is 0.306 e. The van der Waals surface area contributed by atoms with Crippen LogP contribution in [0.2, 0.25) is 0 Å². The average Bonchev–Trinajstić information content (AvgIpc) is 2.24. The fourth-order valence-corrected chi connectivity index (χ4v) is 1.41. The van der Waals surface area contributed by atoms with Crippen LogP contribution < -0.4 is 4.74 Å². The van der Waals surface area contributed by atoms with E-state index in [0.29, 0.717) is 13.0 Å². The molecular weight excluding hydrogens is 204 g/mol. The van der Waals surface area contributed by atoms with Gasteiger partial charge in [0.05, 0.1) is 12.5 Å². The first-order valence-corrected chi connectivity index (χ1v) is 5.52. The molecular formula is C13H18O3. The summed E-state index contributed by atoms with van der Waals surface area (Å²) in [7, 11) is 0. The summed E-state index contributed by atoms with van der Waals surface area (Å²) < 4.78 is 5.52. The molecule has 0 aliphatic rings. The Morgan fingerprint density at radius 3 is 2.88 bits per heavy atom. The van der Waals surface area contributed by atoms with E-state index in [2.05, 4.69) is 0 Å². The number of benzene rings is 1. The molecule has 1 N–H and O–H groups in total. The van der Waals surface area contributed by atoms with E-state index in [-0.39, 0.29) is 5.92 Å². The molecule has 0 heterocycles. The molecule has 1 aromatic rings. The third-order valence-electron chi connectivity index (χ3n) is 2.46. The zero-order valence-electron chi connectivity index (χ0n) is 9.77. The van der Waals surface area contributed by atoms with Gasteiger partial charge in [-0.25, -0.2) is 0 Å². The molecule has 1 aromatic carbocycles. The van der Waals surface area contributed by atoms with Gasteiger partial charge in [-0.2, -0.15) is 0 Å². The van der Waals surface area contributed by atoms with Gasteiger partial charge in [-0.15, -0.1) is 0 Å². The van der Waals surface area contributed by atoms with Crippen LogP contribution in [0.1, 0.15) is 25.3 Å². The van der Waals surface area contributed by atoms with Crippen LogP contribution in [0.25, 0.3) is 0 Å². The maximum atomic E-state index is 10.6. The lowest BCUT2D eigenvalue weighted by molar-refractivity contribution is -0.141. The summed E-state index contributed by atoms with van der Waals surface area (Å²) in [6, 6.07) is 7.85. The Hall–Kier alpha value is -1.51. The molecule has 3 nitrogen and oxygen atoms in total. The van der Waals surface area contributed by atoms with Gasteiger partial charge in [0.15, 0.2) is 0 Å². The number of aryl methyl sites for hydroxylation is 1. The third-order valence-corrected chi connectivity index (χ3v) is 2.46. The summed E-state index contributed by atoms with van der Waals surface area (Å²) >= 11 is 0. The van der Waals surface area contributed by atoms with Crippen molar-refractivity contribution >= 4 is 5.97 Å². The van der Waals surface area contributed by atoms with Crippen molar-refractivity contribution in [3.8, 4) is 5.75 Å². The van der Waals surface area contributed by atoms with Gasteiger partial charge in [0.2, 0.25) is 0 Å². The Morgan fingerprint density at radius 2 is 2.25 bits per heavy atom. The maximum Gasteiger partial charge on any atom is 0.306 e. The molecule has 0 saturated heterocycles. The molecule has 0 amide bonds. The van der Waals surface area contributed by atoms with Gasteiger partial charge in [0, 0.05) is 0 Å². The van der Waals surface area contributed by atoms with E-state index in [1.807, 2.05) is 31.2 Å². The number of carboxylic acids is 1. The molecule has 0 fully saturated rings. The highest BCUT2D eigenvalue weighted by Gasteiger charge is 2.09.